The number of rotatable bonds is 0. The van der Waals surface area contributed by atoms with Gasteiger partial charge in [0.1, 0.15) is 0 Å². The highest BCUT2D eigenvalue weighted by Gasteiger charge is 1.99. The van der Waals surface area contributed by atoms with Crippen LogP contribution in [0.3, 0.4) is 0 Å². The van der Waals surface area contributed by atoms with E-state index in [1.165, 1.54) is 5.39 Å². The Labute approximate surface area is 65.0 Å². The maximum atomic E-state index is 5.73. The smallest absolute Gasteiger partial charge is 0.0504 e. The molecule has 0 radical (unpaired) electrons. The molecule has 0 aliphatic rings. The van der Waals surface area contributed by atoms with E-state index < -0.39 is 0 Å². The summed E-state index contributed by atoms with van der Waals surface area (Å²) in [6.07, 6.45) is 1.93. The minimum atomic E-state index is 0.847. The first kappa shape index (κ1) is 6.28. The number of nitrogens with two attached hydrogens (primary N) is 1. The van der Waals surface area contributed by atoms with Crippen LogP contribution >= 0.6 is 0 Å². The van der Waals surface area contributed by atoms with E-state index in [4.69, 9.17) is 5.73 Å². The molecule has 2 aromatic rings. The number of aryl methyl sites for hydroxylation is 1. The van der Waals surface area contributed by atoms with Crippen molar-refractivity contribution in [3.63, 3.8) is 0 Å². The summed E-state index contributed by atoms with van der Waals surface area (Å²) in [5.74, 6) is 0. The van der Waals surface area contributed by atoms with Gasteiger partial charge in [-0.25, -0.2) is 0 Å². The second kappa shape index (κ2) is 2.02. The van der Waals surface area contributed by atoms with Crippen LogP contribution in [0.15, 0.2) is 24.4 Å². The highest BCUT2D eigenvalue weighted by Crippen LogP contribution is 2.21. The molecule has 2 nitrogen and oxygen atoms in total. The SMILES string of the molecule is Cc1c(N)ccc2cc[nH]c12. The van der Waals surface area contributed by atoms with Crippen molar-refractivity contribution in [2.24, 2.45) is 0 Å². The molecule has 0 amide bonds. The van der Waals surface area contributed by atoms with Crippen LogP contribution in [0.5, 0.6) is 0 Å². The molecule has 0 fully saturated rings. The normalized spacial score (nSPS) is 10.6. The van der Waals surface area contributed by atoms with Gasteiger partial charge in [-0.3, -0.25) is 0 Å². The van der Waals surface area contributed by atoms with Crippen LogP contribution in [0.2, 0.25) is 0 Å². The number of anilines is 1. The van der Waals surface area contributed by atoms with Crippen molar-refractivity contribution in [3.05, 3.63) is 30.0 Å². The van der Waals surface area contributed by atoms with Crippen LogP contribution < -0.4 is 5.73 Å². The summed E-state index contributed by atoms with van der Waals surface area (Å²) in [6.45, 7) is 2.02. The van der Waals surface area contributed by atoms with Gasteiger partial charge < -0.3 is 10.7 Å². The van der Waals surface area contributed by atoms with E-state index in [0.717, 1.165) is 16.8 Å². The lowest BCUT2D eigenvalue weighted by Crippen LogP contribution is -1.88. The summed E-state index contributed by atoms with van der Waals surface area (Å²) >= 11 is 0. The molecule has 1 heterocycles. The highest BCUT2D eigenvalue weighted by molar-refractivity contribution is 5.86. The molecule has 0 saturated heterocycles. The third kappa shape index (κ3) is 0.792. The molecule has 3 N–H and O–H groups in total. The van der Waals surface area contributed by atoms with E-state index in [-0.39, 0.29) is 0 Å². The number of nitrogens with one attached hydrogen (secondary N) is 1. The topological polar surface area (TPSA) is 41.8 Å². The molecule has 0 spiro atoms. The van der Waals surface area contributed by atoms with Crippen LogP contribution in [-0.2, 0) is 0 Å². The van der Waals surface area contributed by atoms with Gasteiger partial charge in [0.25, 0.3) is 0 Å². The van der Waals surface area contributed by atoms with Crippen LogP contribution in [0, 0.1) is 6.92 Å². The lowest BCUT2D eigenvalue weighted by molar-refractivity contribution is 1.42. The van der Waals surface area contributed by atoms with Crippen molar-refractivity contribution in [2.75, 3.05) is 5.73 Å². The molecule has 1 aromatic heterocycles. The lowest BCUT2D eigenvalue weighted by Gasteiger charge is -1.99. The van der Waals surface area contributed by atoms with E-state index in [9.17, 15) is 0 Å². The molecule has 56 valence electrons. The number of hydrogen-bond donors (Lipinski definition) is 2. The van der Waals surface area contributed by atoms with Crippen LogP contribution in [-0.4, -0.2) is 4.98 Å². The van der Waals surface area contributed by atoms with E-state index in [1.807, 2.05) is 31.3 Å². The van der Waals surface area contributed by atoms with Gasteiger partial charge >= 0.3 is 0 Å². The predicted octanol–water partition coefficient (Wildman–Crippen LogP) is 2.06. The van der Waals surface area contributed by atoms with Crippen LogP contribution in [0.4, 0.5) is 5.69 Å². The highest BCUT2D eigenvalue weighted by atomic mass is 14.7. The Morgan fingerprint density at radius 1 is 1.27 bits per heavy atom. The van der Waals surface area contributed by atoms with Crippen molar-refractivity contribution in [2.45, 2.75) is 6.92 Å². The van der Waals surface area contributed by atoms with E-state index in [0.29, 0.717) is 0 Å². The summed E-state index contributed by atoms with van der Waals surface area (Å²) in [5, 5.41) is 1.22. The van der Waals surface area contributed by atoms with Crippen molar-refractivity contribution in [3.8, 4) is 0 Å². The predicted molar refractivity (Wildman–Crippen MR) is 47.4 cm³/mol. The Hall–Kier alpha value is -1.44. The third-order valence-corrected chi connectivity index (χ3v) is 2.03. The summed E-state index contributed by atoms with van der Waals surface area (Å²) in [4.78, 5) is 3.15. The van der Waals surface area contributed by atoms with Gasteiger partial charge in [0.05, 0.1) is 5.52 Å². The Balaban J connectivity index is 2.93. The van der Waals surface area contributed by atoms with Gasteiger partial charge in [-0.15, -0.1) is 0 Å². The molecule has 0 unspecified atom stereocenters. The number of benzene rings is 1. The first-order valence-electron chi connectivity index (χ1n) is 3.61. The van der Waals surface area contributed by atoms with Gasteiger partial charge in [0.15, 0.2) is 0 Å². The van der Waals surface area contributed by atoms with Gasteiger partial charge in [0.2, 0.25) is 0 Å². The van der Waals surface area contributed by atoms with Gasteiger partial charge in [-0.05, 0) is 30.0 Å². The number of aromatic nitrogens is 1. The largest absolute Gasteiger partial charge is 0.398 e. The number of hydrogen-bond acceptors (Lipinski definition) is 1. The van der Waals surface area contributed by atoms with Gasteiger partial charge in [-0.2, -0.15) is 0 Å². The molecule has 0 aliphatic carbocycles. The Bertz CT molecular complexity index is 387. The minimum absolute atomic E-state index is 0.847. The second-order valence-corrected chi connectivity index (χ2v) is 2.72. The van der Waals surface area contributed by atoms with Gasteiger partial charge in [0, 0.05) is 11.9 Å². The quantitative estimate of drug-likeness (QED) is 0.549. The fraction of sp³-hybridized carbons (Fsp3) is 0.111. The van der Waals surface area contributed by atoms with Crippen LogP contribution in [0.25, 0.3) is 10.9 Å². The zero-order valence-electron chi connectivity index (χ0n) is 6.39. The van der Waals surface area contributed by atoms with Crippen LogP contribution in [0.1, 0.15) is 5.56 Å². The summed E-state index contributed by atoms with van der Waals surface area (Å²) in [7, 11) is 0. The molecule has 0 bridgehead atoms. The fourth-order valence-electron chi connectivity index (χ4n) is 1.29. The average Bonchev–Trinajstić information content (AvgIpc) is 2.45. The summed E-state index contributed by atoms with van der Waals surface area (Å²) < 4.78 is 0. The molecule has 2 heteroatoms. The van der Waals surface area contributed by atoms with E-state index in [2.05, 4.69) is 4.98 Å². The Morgan fingerprint density at radius 3 is 2.91 bits per heavy atom. The molecule has 0 saturated carbocycles. The Morgan fingerprint density at radius 2 is 2.09 bits per heavy atom. The number of nitrogen functional groups attached to an aromatic ring is 1. The molecule has 0 atom stereocenters. The van der Waals surface area contributed by atoms with Crippen molar-refractivity contribution < 1.29 is 0 Å². The zero-order chi connectivity index (χ0) is 7.84. The zero-order valence-corrected chi connectivity index (χ0v) is 6.39. The first-order chi connectivity index (χ1) is 5.29. The maximum Gasteiger partial charge on any atom is 0.0504 e. The molecular weight excluding hydrogens is 136 g/mol. The fourth-order valence-corrected chi connectivity index (χ4v) is 1.29. The number of fused-ring (bicyclic) bond motifs is 1. The standard InChI is InChI=1S/C9H10N2/c1-6-8(10)3-2-7-4-5-11-9(6)7/h2-5,11H,10H2,1H3. The van der Waals surface area contributed by atoms with Crippen molar-refractivity contribution >= 4 is 16.6 Å². The second-order valence-electron chi connectivity index (χ2n) is 2.72. The molecular formula is C9H10N2. The van der Waals surface area contributed by atoms with Crippen molar-refractivity contribution in [1.82, 2.24) is 4.98 Å². The molecule has 0 aliphatic heterocycles. The number of aromatic amines is 1. The monoisotopic (exact) mass is 146 g/mol. The summed E-state index contributed by atoms with van der Waals surface area (Å²) in [6, 6.07) is 6.00. The third-order valence-electron chi connectivity index (χ3n) is 2.03. The molecule has 11 heavy (non-hydrogen) atoms. The average molecular weight is 146 g/mol. The Kier molecular flexibility index (Phi) is 1.15. The van der Waals surface area contributed by atoms with E-state index >= 15 is 0 Å². The van der Waals surface area contributed by atoms with E-state index in [1.54, 1.807) is 0 Å². The van der Waals surface area contributed by atoms with Gasteiger partial charge in [-0.1, -0.05) is 6.07 Å². The number of H-pyrrole nitrogens is 1. The molecule has 1 aromatic carbocycles. The molecule has 2 rings (SSSR count). The van der Waals surface area contributed by atoms with Crippen molar-refractivity contribution in [1.29, 1.82) is 0 Å². The maximum absolute atomic E-state index is 5.73. The lowest BCUT2D eigenvalue weighted by atomic mass is 10.1. The summed E-state index contributed by atoms with van der Waals surface area (Å²) in [5.41, 5.74) is 8.85. The minimum Gasteiger partial charge on any atom is -0.398 e. The first-order valence-corrected chi connectivity index (χ1v) is 3.61.